The van der Waals surface area contributed by atoms with Crippen LogP contribution in [0.5, 0.6) is 0 Å². The highest BCUT2D eigenvalue weighted by atomic mass is 32.2. The summed E-state index contributed by atoms with van der Waals surface area (Å²) in [5.41, 5.74) is 0. The molecule has 0 N–H and O–H groups in total. The van der Waals surface area contributed by atoms with E-state index in [1.807, 2.05) is 11.8 Å². The van der Waals surface area contributed by atoms with Crippen molar-refractivity contribution < 1.29 is 35.9 Å². The van der Waals surface area contributed by atoms with Gasteiger partial charge in [0.2, 0.25) is 5.91 Å². The van der Waals surface area contributed by atoms with E-state index in [4.69, 9.17) is 4.74 Å². The van der Waals surface area contributed by atoms with Gasteiger partial charge in [0, 0.05) is 25.8 Å². The average Bonchev–Trinajstić information content (AvgIpc) is 3.28. The molecule has 4 rings (SSSR count). The number of rotatable bonds is 3. The Morgan fingerprint density at radius 3 is 2.09 bits per heavy atom. The monoisotopic (exact) mass is 522 g/mol. The summed E-state index contributed by atoms with van der Waals surface area (Å²) < 4.78 is 68.5. The molecule has 4 aliphatic rings. The fourth-order valence-corrected chi connectivity index (χ4v) is 8.24. The van der Waals surface area contributed by atoms with Crippen LogP contribution in [0.1, 0.15) is 71.6 Å². The molecule has 7 nitrogen and oxygen atoms in total. The maximum Gasteiger partial charge on any atom is 0.414 e. The zero-order valence-corrected chi connectivity index (χ0v) is 21.5. The highest BCUT2D eigenvalue weighted by Crippen LogP contribution is 2.44. The van der Waals surface area contributed by atoms with Crippen molar-refractivity contribution in [1.82, 2.24) is 9.80 Å². The van der Waals surface area contributed by atoms with Crippen LogP contribution in [0.2, 0.25) is 0 Å². The normalized spacial score (nSPS) is 38.8. The molecule has 5 unspecified atom stereocenters. The predicted molar refractivity (Wildman–Crippen MR) is 123 cm³/mol. The lowest BCUT2D eigenvalue weighted by Crippen LogP contribution is -2.68. The molecule has 2 saturated carbocycles. The van der Waals surface area contributed by atoms with Crippen molar-refractivity contribution in [2.45, 2.75) is 113 Å². The zero-order valence-electron chi connectivity index (χ0n) is 20.7. The van der Waals surface area contributed by atoms with Crippen molar-refractivity contribution >= 4 is 21.7 Å². The summed E-state index contributed by atoms with van der Waals surface area (Å²) in [6, 6.07) is -0.648. The van der Waals surface area contributed by atoms with Gasteiger partial charge < -0.3 is 14.5 Å². The molecule has 0 radical (unpaired) electrons. The number of fused-ring (bicyclic) bond motifs is 1. The van der Waals surface area contributed by atoms with Crippen molar-refractivity contribution in [3.8, 4) is 0 Å². The molecule has 0 spiro atoms. The van der Waals surface area contributed by atoms with Crippen LogP contribution in [0.3, 0.4) is 0 Å². The Morgan fingerprint density at radius 2 is 1.54 bits per heavy atom. The summed E-state index contributed by atoms with van der Waals surface area (Å²) >= 11 is 0. The van der Waals surface area contributed by atoms with Crippen LogP contribution in [0.4, 0.5) is 13.2 Å². The van der Waals surface area contributed by atoms with Gasteiger partial charge in [0.05, 0.1) is 17.3 Å². The molecular weight excluding hydrogens is 485 g/mol. The Balaban J connectivity index is 1.50. The lowest BCUT2D eigenvalue weighted by atomic mass is 9.69. The first-order valence-corrected chi connectivity index (χ1v) is 14.7. The van der Waals surface area contributed by atoms with Crippen LogP contribution in [-0.2, 0) is 24.2 Å². The van der Waals surface area contributed by atoms with E-state index in [9.17, 15) is 31.2 Å². The Labute approximate surface area is 205 Å². The first kappa shape index (κ1) is 26.7. The molecule has 0 aromatic rings. The lowest BCUT2D eigenvalue weighted by molar-refractivity contribution is -0.217. The molecule has 2 amide bonds. The number of alkyl halides is 3. The first-order chi connectivity index (χ1) is 16.3. The number of ether oxygens (including phenoxy) is 1. The largest absolute Gasteiger partial charge is 0.414 e. The number of sulfone groups is 1. The van der Waals surface area contributed by atoms with Gasteiger partial charge in [-0.3, -0.25) is 9.59 Å². The quantitative estimate of drug-likeness (QED) is 0.568. The summed E-state index contributed by atoms with van der Waals surface area (Å²) in [4.78, 5) is 29.5. The minimum Gasteiger partial charge on any atom is -0.356 e. The number of halogens is 3. The maximum absolute atomic E-state index is 13.4. The van der Waals surface area contributed by atoms with Crippen LogP contribution in [0.15, 0.2) is 0 Å². The van der Waals surface area contributed by atoms with Crippen LogP contribution in [0, 0.1) is 11.8 Å². The standard InChI is InChI=1S/C24H37F3N2O5S/c1-14-13-28(23(31)21-10-11-22(34-21)24(25,26)27)20-12-17(6-9-19(20)29(14)15(2)30)16-4-7-18(8-5-16)35(3,32)33/h14,16-22H,4-13H2,1-3H3/t14-,16?,17?,18?,19?,20?,21?,22?/m0/s1. The fourth-order valence-electron chi connectivity index (χ4n) is 7.11. The van der Waals surface area contributed by atoms with Gasteiger partial charge in [0.25, 0.3) is 5.91 Å². The molecule has 35 heavy (non-hydrogen) atoms. The van der Waals surface area contributed by atoms with Crippen LogP contribution < -0.4 is 0 Å². The fraction of sp³-hybridized carbons (Fsp3) is 0.917. The van der Waals surface area contributed by atoms with E-state index in [1.165, 1.54) is 13.2 Å². The minimum absolute atomic E-state index is 0.0423. The molecule has 0 aromatic heterocycles. The third-order valence-electron chi connectivity index (χ3n) is 8.81. The number of piperazine rings is 1. The Bertz CT molecular complexity index is 919. The first-order valence-electron chi connectivity index (χ1n) is 12.8. The smallest absolute Gasteiger partial charge is 0.356 e. The predicted octanol–water partition coefficient (Wildman–Crippen LogP) is 3.32. The second-order valence-electron chi connectivity index (χ2n) is 11.1. The van der Waals surface area contributed by atoms with Gasteiger partial charge in [-0.1, -0.05) is 0 Å². The third-order valence-corrected chi connectivity index (χ3v) is 10.5. The molecule has 2 aliphatic heterocycles. The Kier molecular flexibility index (Phi) is 7.50. The number of hydrogen-bond acceptors (Lipinski definition) is 5. The van der Waals surface area contributed by atoms with Crippen molar-refractivity contribution in [2.24, 2.45) is 11.8 Å². The molecular formula is C24H37F3N2O5S. The highest BCUT2D eigenvalue weighted by molar-refractivity contribution is 7.91. The number of carbonyl (C=O) groups excluding carboxylic acids is 2. The summed E-state index contributed by atoms with van der Waals surface area (Å²) in [7, 11) is -3.06. The van der Waals surface area contributed by atoms with Gasteiger partial charge in [-0.25, -0.2) is 8.42 Å². The van der Waals surface area contributed by atoms with Crippen molar-refractivity contribution in [2.75, 3.05) is 12.8 Å². The second kappa shape index (κ2) is 9.84. The minimum atomic E-state index is -4.49. The van der Waals surface area contributed by atoms with E-state index >= 15 is 0 Å². The van der Waals surface area contributed by atoms with E-state index in [0.29, 0.717) is 31.1 Å². The summed E-state index contributed by atoms with van der Waals surface area (Å²) in [5.74, 6) is 0.194. The van der Waals surface area contributed by atoms with Gasteiger partial charge in [0.1, 0.15) is 15.9 Å². The van der Waals surface area contributed by atoms with Gasteiger partial charge >= 0.3 is 6.18 Å². The molecule has 6 atom stereocenters. The van der Waals surface area contributed by atoms with Crippen LogP contribution >= 0.6 is 0 Å². The lowest BCUT2D eigenvalue weighted by Gasteiger charge is -2.55. The molecule has 0 aromatic carbocycles. The van der Waals surface area contributed by atoms with Crippen molar-refractivity contribution in [1.29, 1.82) is 0 Å². The third kappa shape index (κ3) is 5.50. The van der Waals surface area contributed by atoms with E-state index in [-0.39, 0.29) is 48.7 Å². The van der Waals surface area contributed by atoms with Gasteiger partial charge in [0.15, 0.2) is 6.10 Å². The van der Waals surface area contributed by atoms with Gasteiger partial charge in [-0.2, -0.15) is 13.2 Å². The molecule has 0 bridgehead atoms. The number of hydrogen-bond donors (Lipinski definition) is 0. The van der Waals surface area contributed by atoms with Crippen LogP contribution in [0.25, 0.3) is 0 Å². The number of nitrogens with zero attached hydrogens (tertiary/aromatic N) is 2. The molecule has 200 valence electrons. The molecule has 11 heteroatoms. The molecule has 2 heterocycles. The van der Waals surface area contributed by atoms with Crippen molar-refractivity contribution in [3.63, 3.8) is 0 Å². The van der Waals surface area contributed by atoms with E-state index in [0.717, 1.165) is 25.7 Å². The van der Waals surface area contributed by atoms with Crippen molar-refractivity contribution in [3.05, 3.63) is 0 Å². The summed E-state index contributed by atoms with van der Waals surface area (Å²) in [6.07, 6.45) is -1.17. The summed E-state index contributed by atoms with van der Waals surface area (Å²) in [5, 5.41) is -0.294. The van der Waals surface area contributed by atoms with Crippen LogP contribution in [-0.4, -0.2) is 84.6 Å². The Morgan fingerprint density at radius 1 is 0.914 bits per heavy atom. The molecule has 2 saturated heterocycles. The van der Waals surface area contributed by atoms with E-state index in [2.05, 4.69) is 0 Å². The average molecular weight is 523 g/mol. The SMILES string of the molecule is CC(=O)N1C2CCC(C3CCC(S(C)(=O)=O)CC3)CC2N(C(=O)C2CCC(C(F)(F)F)O2)C[C@@H]1C. The molecule has 2 aliphatic carbocycles. The van der Waals surface area contributed by atoms with E-state index in [1.54, 1.807) is 4.90 Å². The maximum atomic E-state index is 13.4. The highest BCUT2D eigenvalue weighted by Gasteiger charge is 2.52. The molecule has 4 fully saturated rings. The van der Waals surface area contributed by atoms with Gasteiger partial charge in [-0.05, 0) is 76.5 Å². The summed E-state index contributed by atoms with van der Waals surface area (Å²) in [6.45, 7) is 3.69. The zero-order chi connectivity index (χ0) is 25.7. The number of amides is 2. The van der Waals surface area contributed by atoms with E-state index < -0.39 is 34.1 Å². The topological polar surface area (TPSA) is 84.0 Å². The van der Waals surface area contributed by atoms with Gasteiger partial charge in [-0.15, -0.1) is 0 Å². The number of carbonyl (C=O) groups is 2. The second-order valence-corrected chi connectivity index (χ2v) is 13.4. The Hall–Kier alpha value is -1.36.